The first-order valence-corrected chi connectivity index (χ1v) is 10.7. The Hall–Kier alpha value is -1.56. The molecule has 1 saturated heterocycles. The number of hydrogen-bond acceptors (Lipinski definition) is 5. The summed E-state index contributed by atoms with van der Waals surface area (Å²) in [6, 6.07) is 9.93. The van der Waals surface area contributed by atoms with E-state index in [1.54, 1.807) is 42.5 Å². The first-order chi connectivity index (χ1) is 13.3. The summed E-state index contributed by atoms with van der Waals surface area (Å²) < 4.78 is 6.46. The second-order valence-electron chi connectivity index (χ2n) is 5.49. The van der Waals surface area contributed by atoms with Crippen LogP contribution in [0.1, 0.15) is 5.56 Å². The summed E-state index contributed by atoms with van der Waals surface area (Å²) >= 11 is 12.1. The lowest BCUT2D eigenvalue weighted by molar-refractivity contribution is -0.139. The van der Waals surface area contributed by atoms with Crippen molar-refractivity contribution in [2.75, 3.05) is 11.5 Å². The molecule has 6 nitrogen and oxygen atoms in total. The van der Waals surface area contributed by atoms with Crippen molar-refractivity contribution in [2.24, 2.45) is 0 Å². The zero-order chi connectivity index (χ0) is 20.4. The van der Waals surface area contributed by atoms with E-state index in [4.69, 9.17) is 21.4 Å². The molecule has 1 N–H and O–H groups in total. The molecule has 10 heteroatoms. The number of anilines is 1. The van der Waals surface area contributed by atoms with Gasteiger partial charge < -0.3 is 9.84 Å². The van der Waals surface area contributed by atoms with Crippen LogP contribution in [-0.2, 0) is 9.59 Å². The van der Waals surface area contributed by atoms with Gasteiger partial charge in [0, 0.05) is 5.02 Å². The van der Waals surface area contributed by atoms with Crippen LogP contribution in [0.3, 0.4) is 0 Å². The normalized spacial score (nSPS) is 15.4. The summed E-state index contributed by atoms with van der Waals surface area (Å²) in [6.07, 6.45) is 1.60. The van der Waals surface area contributed by atoms with E-state index in [9.17, 15) is 14.4 Å². The van der Waals surface area contributed by atoms with E-state index in [1.807, 2.05) is 22.6 Å². The van der Waals surface area contributed by atoms with Gasteiger partial charge in [0.1, 0.15) is 5.75 Å². The minimum Gasteiger partial charge on any atom is -0.480 e. The Bertz CT molecular complexity index is 1010. The zero-order valence-corrected chi connectivity index (χ0v) is 19.1. The number of carboxylic acid groups (broad SMARTS) is 1. The number of nitrogens with zero attached hydrogens (tertiary/aromatic N) is 1. The Kier molecular flexibility index (Phi) is 6.69. The van der Waals surface area contributed by atoms with Crippen LogP contribution >= 0.6 is 61.9 Å². The number of carbonyl (C=O) groups excluding carboxylic acids is 2. The van der Waals surface area contributed by atoms with Gasteiger partial charge in [0.2, 0.25) is 0 Å². The molecule has 2 amide bonds. The molecule has 28 heavy (non-hydrogen) atoms. The Balaban J connectivity index is 1.89. The lowest BCUT2D eigenvalue weighted by Crippen LogP contribution is -2.27. The monoisotopic (exact) mass is 593 g/mol. The lowest BCUT2D eigenvalue weighted by atomic mass is 10.2. The van der Waals surface area contributed by atoms with Crippen LogP contribution in [0, 0.1) is 3.57 Å². The molecule has 0 aromatic heterocycles. The average Bonchev–Trinajstić information content (AvgIpc) is 2.87. The van der Waals surface area contributed by atoms with E-state index in [2.05, 4.69) is 15.9 Å². The smallest absolute Gasteiger partial charge is 0.341 e. The van der Waals surface area contributed by atoms with Crippen LogP contribution < -0.4 is 9.64 Å². The second kappa shape index (κ2) is 8.85. The number of ether oxygens (including phenoxy) is 1. The van der Waals surface area contributed by atoms with Crippen molar-refractivity contribution in [2.45, 2.75) is 0 Å². The molecule has 144 valence electrons. The van der Waals surface area contributed by atoms with E-state index < -0.39 is 23.7 Å². The number of halogens is 3. The highest BCUT2D eigenvalue weighted by molar-refractivity contribution is 14.1. The van der Waals surface area contributed by atoms with Crippen molar-refractivity contribution in [3.05, 3.63) is 59.9 Å². The third-order valence-electron chi connectivity index (χ3n) is 3.52. The maximum Gasteiger partial charge on any atom is 0.341 e. The number of thioether (sulfide) groups is 1. The fourth-order valence-corrected chi connectivity index (χ4v) is 5.19. The predicted molar refractivity (Wildman–Crippen MR) is 120 cm³/mol. The van der Waals surface area contributed by atoms with Crippen LogP contribution in [0.4, 0.5) is 10.5 Å². The molecular weight excluding hydrogens is 585 g/mol. The number of carboxylic acids is 1. The number of hydrogen-bond donors (Lipinski definition) is 1. The predicted octanol–water partition coefficient (Wildman–Crippen LogP) is 5.41. The van der Waals surface area contributed by atoms with Crippen LogP contribution in [0.15, 0.2) is 45.8 Å². The Morgan fingerprint density at radius 1 is 1.32 bits per heavy atom. The maximum atomic E-state index is 12.7. The van der Waals surface area contributed by atoms with Crippen LogP contribution in [0.2, 0.25) is 5.02 Å². The molecule has 0 spiro atoms. The molecule has 1 heterocycles. The van der Waals surface area contributed by atoms with Gasteiger partial charge in [0.25, 0.3) is 11.1 Å². The number of aliphatic carboxylic acids is 1. The number of imide groups is 1. The Morgan fingerprint density at radius 3 is 2.71 bits per heavy atom. The number of carbonyl (C=O) groups is 3. The number of amides is 2. The zero-order valence-electron chi connectivity index (χ0n) is 13.8. The van der Waals surface area contributed by atoms with Gasteiger partial charge in [0.05, 0.1) is 18.6 Å². The van der Waals surface area contributed by atoms with Crippen molar-refractivity contribution in [1.82, 2.24) is 0 Å². The van der Waals surface area contributed by atoms with Crippen LogP contribution in [-0.4, -0.2) is 28.8 Å². The summed E-state index contributed by atoms with van der Waals surface area (Å²) in [6.45, 7) is -0.466. The molecule has 1 fully saturated rings. The van der Waals surface area contributed by atoms with Gasteiger partial charge in [-0.3, -0.25) is 9.59 Å². The van der Waals surface area contributed by atoms with E-state index in [0.717, 1.165) is 16.7 Å². The van der Waals surface area contributed by atoms with Crippen molar-refractivity contribution in [3.8, 4) is 5.75 Å². The topological polar surface area (TPSA) is 83.9 Å². The average molecular weight is 595 g/mol. The lowest BCUT2D eigenvalue weighted by Gasteiger charge is -2.12. The summed E-state index contributed by atoms with van der Waals surface area (Å²) in [4.78, 5) is 37.1. The van der Waals surface area contributed by atoms with E-state index in [1.165, 1.54) is 0 Å². The van der Waals surface area contributed by atoms with Crippen LogP contribution in [0.25, 0.3) is 6.08 Å². The molecule has 0 saturated carbocycles. The molecule has 0 aliphatic carbocycles. The maximum absolute atomic E-state index is 12.7. The summed E-state index contributed by atoms with van der Waals surface area (Å²) in [5.41, 5.74) is 1.07. The second-order valence-corrected chi connectivity index (χ2v) is 8.94. The number of rotatable bonds is 5. The van der Waals surface area contributed by atoms with E-state index in [-0.39, 0.29) is 4.91 Å². The molecule has 1 aliphatic heterocycles. The molecule has 2 aromatic rings. The first-order valence-electron chi connectivity index (χ1n) is 7.63. The molecule has 0 bridgehead atoms. The van der Waals surface area contributed by atoms with Crippen molar-refractivity contribution in [3.63, 3.8) is 0 Å². The van der Waals surface area contributed by atoms with Gasteiger partial charge in [-0.1, -0.05) is 17.7 Å². The third-order valence-corrected chi connectivity index (χ3v) is 6.01. The van der Waals surface area contributed by atoms with Gasteiger partial charge in [-0.2, -0.15) is 0 Å². The minimum atomic E-state index is -1.08. The molecule has 0 atom stereocenters. The summed E-state index contributed by atoms with van der Waals surface area (Å²) in [5, 5.41) is 8.77. The molecule has 2 aromatic carbocycles. The van der Waals surface area contributed by atoms with E-state index >= 15 is 0 Å². The van der Waals surface area contributed by atoms with Gasteiger partial charge in [0.15, 0.2) is 6.61 Å². The minimum absolute atomic E-state index is 0.270. The van der Waals surface area contributed by atoms with Crippen molar-refractivity contribution in [1.29, 1.82) is 0 Å². The molecule has 0 radical (unpaired) electrons. The molecule has 1 aliphatic rings. The Labute approximate surface area is 191 Å². The van der Waals surface area contributed by atoms with Crippen molar-refractivity contribution < 1.29 is 24.2 Å². The fraction of sp³-hybridized carbons (Fsp3) is 0.0556. The highest BCUT2D eigenvalue weighted by Crippen LogP contribution is 2.38. The first kappa shape index (κ1) is 21.2. The molecular formula is C18H10BrClINO5S. The Morgan fingerprint density at radius 2 is 2.07 bits per heavy atom. The quantitative estimate of drug-likeness (QED) is 0.368. The highest BCUT2D eigenvalue weighted by atomic mass is 127. The summed E-state index contributed by atoms with van der Waals surface area (Å²) in [5.74, 6) is -1.12. The number of benzene rings is 2. The largest absolute Gasteiger partial charge is 0.480 e. The van der Waals surface area contributed by atoms with Gasteiger partial charge in [-0.15, -0.1) is 0 Å². The third kappa shape index (κ3) is 4.70. The standard InChI is InChI=1S/C18H10BrClINO5S/c19-12-4-9(5-13(21)16(12)27-8-15(23)24)6-14-17(25)22(18(26)28-14)11-3-1-2-10(20)7-11/h1-7H,8H2,(H,23,24)/b14-6+. The summed E-state index contributed by atoms with van der Waals surface area (Å²) in [7, 11) is 0. The van der Waals surface area contributed by atoms with Gasteiger partial charge in [-0.05, 0) is 92.3 Å². The SMILES string of the molecule is O=C(O)COc1c(Br)cc(/C=C2/SC(=O)N(c3cccc(Cl)c3)C2=O)cc1I. The van der Waals surface area contributed by atoms with Crippen LogP contribution in [0.5, 0.6) is 5.75 Å². The molecule has 3 rings (SSSR count). The fourth-order valence-electron chi connectivity index (χ4n) is 2.39. The molecule has 0 unspecified atom stereocenters. The van der Waals surface area contributed by atoms with Gasteiger partial charge >= 0.3 is 5.97 Å². The van der Waals surface area contributed by atoms with Crippen molar-refractivity contribution >= 4 is 90.8 Å². The highest BCUT2D eigenvalue weighted by Gasteiger charge is 2.36. The van der Waals surface area contributed by atoms with Gasteiger partial charge in [-0.25, -0.2) is 9.69 Å². The van der Waals surface area contributed by atoms with E-state index in [0.29, 0.717) is 30.1 Å².